The quantitative estimate of drug-likeness (QED) is 0.802. The standard InChI is InChI=1S/C24H25N4O2/c25-13-18-8-4-10-19(12-18)24(30)28-15-20-14-27(22(23(26)29)21(20)16-28)11-5-9-17-6-2-1-3-7-17/h1-4,6-10,12,20-22H,5,11,14-16H2,(H2,26,29)/t20?,21-,22?/m1/s1. The van der Waals surface area contributed by atoms with Gasteiger partial charge in [0.1, 0.15) is 0 Å². The fourth-order valence-corrected chi connectivity index (χ4v) is 4.81. The van der Waals surface area contributed by atoms with Crippen LogP contribution in [0, 0.1) is 29.6 Å². The number of nitrogens with two attached hydrogens (primary N) is 1. The molecular weight excluding hydrogens is 376 g/mol. The van der Waals surface area contributed by atoms with Crippen molar-refractivity contribution in [1.82, 2.24) is 9.80 Å². The summed E-state index contributed by atoms with van der Waals surface area (Å²) < 4.78 is 0. The van der Waals surface area contributed by atoms with E-state index in [2.05, 4.69) is 29.5 Å². The Balaban J connectivity index is 1.39. The van der Waals surface area contributed by atoms with E-state index in [4.69, 9.17) is 11.0 Å². The second-order valence-corrected chi connectivity index (χ2v) is 8.07. The highest BCUT2D eigenvalue weighted by Crippen LogP contribution is 2.37. The van der Waals surface area contributed by atoms with Crippen molar-refractivity contribution in [3.8, 4) is 6.07 Å². The predicted octanol–water partition coefficient (Wildman–Crippen LogP) is 2.06. The van der Waals surface area contributed by atoms with E-state index in [0.717, 1.165) is 19.5 Å². The van der Waals surface area contributed by atoms with Gasteiger partial charge in [0.15, 0.2) is 0 Å². The van der Waals surface area contributed by atoms with E-state index in [1.54, 1.807) is 29.2 Å². The van der Waals surface area contributed by atoms with Crippen LogP contribution in [0.3, 0.4) is 0 Å². The van der Waals surface area contributed by atoms with Crippen molar-refractivity contribution in [3.63, 3.8) is 0 Å². The summed E-state index contributed by atoms with van der Waals surface area (Å²) in [6.07, 6.45) is 3.01. The Labute approximate surface area is 176 Å². The number of rotatable bonds is 6. The molecule has 2 saturated heterocycles. The predicted molar refractivity (Wildman–Crippen MR) is 113 cm³/mol. The smallest absolute Gasteiger partial charge is 0.253 e. The molecule has 2 aromatic rings. The minimum atomic E-state index is -0.345. The van der Waals surface area contributed by atoms with Gasteiger partial charge in [0.05, 0.1) is 17.7 Å². The van der Waals surface area contributed by atoms with E-state index in [0.29, 0.717) is 24.2 Å². The SMILES string of the molecule is N#Cc1cccc(C(=O)N2CC3CN(CC[CH]c4ccccc4)C(C(N)=O)[C@@H]3C2)c1. The minimum absolute atomic E-state index is 0.0577. The Morgan fingerprint density at radius 3 is 2.63 bits per heavy atom. The van der Waals surface area contributed by atoms with Gasteiger partial charge in [0.25, 0.3) is 5.91 Å². The molecule has 153 valence electrons. The van der Waals surface area contributed by atoms with E-state index < -0.39 is 0 Å². The van der Waals surface area contributed by atoms with Crippen LogP contribution < -0.4 is 5.73 Å². The van der Waals surface area contributed by atoms with Crippen molar-refractivity contribution in [2.75, 3.05) is 26.2 Å². The third-order valence-electron chi connectivity index (χ3n) is 6.17. The van der Waals surface area contributed by atoms with Crippen molar-refractivity contribution in [2.45, 2.75) is 12.5 Å². The van der Waals surface area contributed by atoms with Crippen LogP contribution in [0.5, 0.6) is 0 Å². The lowest BCUT2D eigenvalue weighted by Crippen LogP contribution is -2.46. The first kappa shape index (κ1) is 20.1. The maximum Gasteiger partial charge on any atom is 0.253 e. The van der Waals surface area contributed by atoms with Gasteiger partial charge in [-0.25, -0.2) is 0 Å². The molecule has 1 radical (unpaired) electrons. The fourth-order valence-electron chi connectivity index (χ4n) is 4.81. The highest BCUT2D eigenvalue weighted by Gasteiger charge is 2.50. The molecule has 0 spiro atoms. The zero-order valence-corrected chi connectivity index (χ0v) is 16.8. The fraction of sp³-hybridized carbons (Fsp3) is 0.333. The zero-order valence-electron chi connectivity index (χ0n) is 16.8. The highest BCUT2D eigenvalue weighted by atomic mass is 16.2. The van der Waals surface area contributed by atoms with Crippen LogP contribution in [0.1, 0.15) is 27.9 Å². The normalized spacial score (nSPS) is 23.2. The molecule has 2 unspecified atom stereocenters. The Morgan fingerprint density at radius 1 is 1.10 bits per heavy atom. The summed E-state index contributed by atoms with van der Waals surface area (Å²) in [6.45, 7) is 2.67. The molecule has 2 N–H and O–H groups in total. The van der Waals surface area contributed by atoms with Gasteiger partial charge >= 0.3 is 0 Å². The number of carbonyl (C=O) groups excluding carboxylic acids is 2. The van der Waals surface area contributed by atoms with Gasteiger partial charge in [-0.05, 0) is 49.1 Å². The van der Waals surface area contributed by atoms with Crippen LogP contribution in [0.15, 0.2) is 54.6 Å². The van der Waals surface area contributed by atoms with Gasteiger partial charge in [-0.15, -0.1) is 0 Å². The number of amides is 2. The number of nitrogens with zero attached hydrogens (tertiary/aromatic N) is 3. The van der Waals surface area contributed by atoms with Crippen molar-refractivity contribution in [3.05, 3.63) is 77.7 Å². The number of hydrogen-bond acceptors (Lipinski definition) is 4. The lowest BCUT2D eigenvalue weighted by Gasteiger charge is -2.27. The Kier molecular flexibility index (Phi) is 5.82. The summed E-state index contributed by atoms with van der Waals surface area (Å²) >= 11 is 0. The van der Waals surface area contributed by atoms with E-state index in [1.165, 1.54) is 5.56 Å². The van der Waals surface area contributed by atoms with Crippen LogP contribution >= 0.6 is 0 Å². The molecule has 3 atom stereocenters. The third-order valence-corrected chi connectivity index (χ3v) is 6.17. The maximum absolute atomic E-state index is 12.9. The molecule has 6 heteroatoms. The number of fused-ring (bicyclic) bond motifs is 1. The van der Waals surface area contributed by atoms with Crippen LogP contribution in [-0.2, 0) is 4.79 Å². The number of hydrogen-bond donors (Lipinski definition) is 1. The van der Waals surface area contributed by atoms with Crippen molar-refractivity contribution < 1.29 is 9.59 Å². The molecular formula is C24H25N4O2. The summed E-state index contributed by atoms with van der Waals surface area (Å²) in [6, 6.07) is 18.6. The van der Waals surface area contributed by atoms with Gasteiger partial charge in [0.2, 0.25) is 5.91 Å². The van der Waals surface area contributed by atoms with E-state index in [9.17, 15) is 9.59 Å². The monoisotopic (exact) mass is 401 g/mol. The van der Waals surface area contributed by atoms with Gasteiger partial charge in [-0.1, -0.05) is 36.4 Å². The topological polar surface area (TPSA) is 90.4 Å². The minimum Gasteiger partial charge on any atom is -0.368 e. The first-order chi connectivity index (χ1) is 14.6. The van der Waals surface area contributed by atoms with E-state index in [-0.39, 0.29) is 29.7 Å². The summed E-state index contributed by atoms with van der Waals surface area (Å²) in [7, 11) is 0. The Bertz CT molecular complexity index is 969. The van der Waals surface area contributed by atoms with Crippen LogP contribution in [0.2, 0.25) is 0 Å². The molecule has 2 fully saturated rings. The van der Waals surface area contributed by atoms with Crippen LogP contribution in [0.25, 0.3) is 0 Å². The molecule has 0 aromatic heterocycles. The van der Waals surface area contributed by atoms with Gasteiger partial charge in [-0.2, -0.15) is 5.26 Å². The Hall–Kier alpha value is -3.17. The molecule has 4 rings (SSSR count). The van der Waals surface area contributed by atoms with Crippen LogP contribution in [0.4, 0.5) is 0 Å². The highest BCUT2D eigenvalue weighted by molar-refractivity contribution is 5.95. The lowest BCUT2D eigenvalue weighted by atomic mass is 9.94. The summed E-state index contributed by atoms with van der Waals surface area (Å²) in [5.74, 6) is -0.110. The molecule has 0 saturated carbocycles. The van der Waals surface area contributed by atoms with Crippen molar-refractivity contribution in [2.24, 2.45) is 17.6 Å². The summed E-state index contributed by atoms with van der Waals surface area (Å²) in [5, 5.41) is 9.07. The first-order valence-corrected chi connectivity index (χ1v) is 10.3. The third kappa shape index (κ3) is 4.07. The number of primary amides is 1. The average molecular weight is 401 g/mol. The van der Waals surface area contributed by atoms with Gasteiger partial charge in [0, 0.05) is 31.1 Å². The number of likely N-dealkylation sites (tertiary alicyclic amines) is 2. The zero-order chi connectivity index (χ0) is 21.1. The second kappa shape index (κ2) is 8.68. The largest absolute Gasteiger partial charge is 0.368 e. The van der Waals surface area contributed by atoms with Gasteiger partial charge < -0.3 is 10.6 Å². The molecule has 0 aliphatic carbocycles. The average Bonchev–Trinajstić information content (AvgIpc) is 3.31. The number of benzene rings is 2. The molecule has 6 nitrogen and oxygen atoms in total. The lowest BCUT2D eigenvalue weighted by molar-refractivity contribution is -0.123. The van der Waals surface area contributed by atoms with Crippen molar-refractivity contribution >= 4 is 11.8 Å². The number of nitriles is 1. The molecule has 2 heterocycles. The van der Waals surface area contributed by atoms with Crippen molar-refractivity contribution in [1.29, 1.82) is 5.26 Å². The number of carbonyl (C=O) groups is 2. The van der Waals surface area contributed by atoms with E-state index >= 15 is 0 Å². The summed E-state index contributed by atoms with van der Waals surface area (Å²) in [5.41, 5.74) is 7.92. The molecule has 0 bridgehead atoms. The Morgan fingerprint density at radius 2 is 1.90 bits per heavy atom. The van der Waals surface area contributed by atoms with E-state index in [1.807, 2.05) is 18.2 Å². The maximum atomic E-state index is 12.9. The second-order valence-electron chi connectivity index (χ2n) is 8.07. The summed E-state index contributed by atoms with van der Waals surface area (Å²) in [4.78, 5) is 29.1. The van der Waals surface area contributed by atoms with Crippen LogP contribution in [-0.4, -0.2) is 53.8 Å². The molecule has 2 amide bonds. The molecule has 30 heavy (non-hydrogen) atoms. The first-order valence-electron chi connectivity index (χ1n) is 10.3. The molecule has 2 aliphatic heterocycles. The van der Waals surface area contributed by atoms with Gasteiger partial charge in [-0.3, -0.25) is 14.5 Å². The molecule has 2 aromatic carbocycles. The molecule has 2 aliphatic rings.